The predicted molar refractivity (Wildman–Crippen MR) is 103 cm³/mol. The van der Waals surface area contributed by atoms with Crippen molar-refractivity contribution in [3.8, 4) is 0 Å². The smallest absolute Gasteiger partial charge is 0.306 e. The average molecular weight is 375 g/mol. The van der Waals surface area contributed by atoms with Crippen molar-refractivity contribution < 1.29 is 14.3 Å². The first kappa shape index (κ1) is 18.8. The van der Waals surface area contributed by atoms with Crippen molar-refractivity contribution in [2.45, 2.75) is 52.0 Å². The summed E-state index contributed by atoms with van der Waals surface area (Å²) in [5.74, 6) is 0.515. The van der Waals surface area contributed by atoms with Gasteiger partial charge in [-0.1, -0.05) is 38.8 Å². The van der Waals surface area contributed by atoms with Crippen LogP contribution in [-0.4, -0.2) is 29.5 Å². The minimum Gasteiger partial charge on any atom is -0.456 e. The Labute approximate surface area is 158 Å². The lowest BCUT2D eigenvalue weighted by atomic mass is 9.78. The summed E-state index contributed by atoms with van der Waals surface area (Å²) in [5.41, 5.74) is 0.955. The van der Waals surface area contributed by atoms with E-state index in [4.69, 9.17) is 4.74 Å². The lowest BCUT2D eigenvalue weighted by Gasteiger charge is -2.34. The van der Waals surface area contributed by atoms with Gasteiger partial charge in [0.05, 0.1) is 21.6 Å². The lowest BCUT2D eigenvalue weighted by Crippen LogP contribution is -2.45. The molecule has 0 spiro atoms. The van der Waals surface area contributed by atoms with Gasteiger partial charge in [0.1, 0.15) is 0 Å². The van der Waals surface area contributed by atoms with E-state index >= 15 is 0 Å². The summed E-state index contributed by atoms with van der Waals surface area (Å²) in [4.78, 5) is 28.5. The highest BCUT2D eigenvalue weighted by atomic mass is 32.1. The van der Waals surface area contributed by atoms with Crippen LogP contribution >= 0.6 is 11.3 Å². The van der Waals surface area contributed by atoms with Crippen LogP contribution in [0, 0.1) is 11.8 Å². The summed E-state index contributed by atoms with van der Waals surface area (Å²) in [6.45, 7) is 4.21. The van der Waals surface area contributed by atoms with Gasteiger partial charge in [-0.25, -0.2) is 4.98 Å². The number of amides is 1. The van der Waals surface area contributed by atoms with Gasteiger partial charge in [0.25, 0.3) is 5.91 Å². The first-order valence-corrected chi connectivity index (χ1v) is 10.1. The average Bonchev–Trinajstić information content (AvgIpc) is 3.05. The van der Waals surface area contributed by atoms with E-state index in [-0.39, 0.29) is 30.9 Å². The fourth-order valence-corrected chi connectivity index (χ4v) is 4.46. The standard InChI is InChI=1S/C20H26N2O3S/c1-13-6-5-8-15(14(13)2)21-18(23)12-25-20(24)11-10-19-22-16-7-3-4-9-17(16)26-19/h3-4,7,9,13-15H,5-6,8,10-12H2,1-2H3,(H,21,23)/t13-,14+,15-/m1/s1. The van der Waals surface area contributed by atoms with Gasteiger partial charge >= 0.3 is 5.97 Å². The maximum absolute atomic E-state index is 12.1. The monoisotopic (exact) mass is 374 g/mol. The highest BCUT2D eigenvalue weighted by Gasteiger charge is 2.28. The number of esters is 1. The molecule has 0 unspecified atom stereocenters. The molecule has 5 nitrogen and oxygen atoms in total. The van der Waals surface area contributed by atoms with E-state index in [1.54, 1.807) is 11.3 Å². The van der Waals surface area contributed by atoms with Gasteiger partial charge in [0, 0.05) is 12.5 Å². The molecule has 1 N–H and O–H groups in total. The van der Waals surface area contributed by atoms with Crippen molar-refractivity contribution in [1.82, 2.24) is 10.3 Å². The molecule has 1 fully saturated rings. The number of hydrogen-bond donors (Lipinski definition) is 1. The van der Waals surface area contributed by atoms with Gasteiger partial charge in [0.15, 0.2) is 6.61 Å². The number of carbonyl (C=O) groups is 2. The summed E-state index contributed by atoms with van der Waals surface area (Å²) >= 11 is 1.59. The van der Waals surface area contributed by atoms with E-state index < -0.39 is 0 Å². The van der Waals surface area contributed by atoms with Crippen LogP contribution in [0.2, 0.25) is 0 Å². The Hall–Kier alpha value is -1.95. The topological polar surface area (TPSA) is 68.3 Å². The van der Waals surface area contributed by atoms with Crippen LogP contribution in [0.1, 0.15) is 44.5 Å². The van der Waals surface area contributed by atoms with E-state index in [9.17, 15) is 9.59 Å². The van der Waals surface area contributed by atoms with E-state index in [1.165, 1.54) is 6.42 Å². The fraction of sp³-hybridized carbons (Fsp3) is 0.550. The van der Waals surface area contributed by atoms with E-state index in [0.29, 0.717) is 18.3 Å². The quantitative estimate of drug-likeness (QED) is 0.783. The Kier molecular flexibility index (Phi) is 6.25. The van der Waals surface area contributed by atoms with E-state index in [0.717, 1.165) is 28.1 Å². The molecule has 26 heavy (non-hydrogen) atoms. The van der Waals surface area contributed by atoms with Crippen LogP contribution in [0.5, 0.6) is 0 Å². The third kappa shape index (κ3) is 4.81. The molecule has 0 bridgehead atoms. The van der Waals surface area contributed by atoms with Gasteiger partial charge in [-0.3, -0.25) is 9.59 Å². The first-order valence-electron chi connectivity index (χ1n) is 9.32. The van der Waals surface area contributed by atoms with Crippen molar-refractivity contribution in [1.29, 1.82) is 0 Å². The zero-order valence-corrected chi connectivity index (χ0v) is 16.2. The van der Waals surface area contributed by atoms with Crippen molar-refractivity contribution in [3.05, 3.63) is 29.3 Å². The Bertz CT molecular complexity index is 740. The molecule has 0 radical (unpaired) electrons. The van der Waals surface area contributed by atoms with Gasteiger partial charge in [-0.15, -0.1) is 11.3 Å². The fourth-order valence-electron chi connectivity index (χ4n) is 3.49. The summed E-state index contributed by atoms with van der Waals surface area (Å²) in [6.07, 6.45) is 4.14. The number of fused-ring (bicyclic) bond motifs is 1. The number of aryl methyl sites for hydroxylation is 1. The molecular weight excluding hydrogens is 348 g/mol. The number of nitrogens with one attached hydrogen (secondary N) is 1. The molecular formula is C20H26N2O3S. The zero-order chi connectivity index (χ0) is 18.5. The summed E-state index contributed by atoms with van der Waals surface area (Å²) in [7, 11) is 0. The highest BCUT2D eigenvalue weighted by molar-refractivity contribution is 7.18. The van der Waals surface area contributed by atoms with Crippen LogP contribution in [0.3, 0.4) is 0 Å². The van der Waals surface area contributed by atoms with Crippen LogP contribution in [0.15, 0.2) is 24.3 Å². The molecule has 6 heteroatoms. The molecule has 1 aliphatic rings. The third-order valence-electron chi connectivity index (χ3n) is 5.30. The molecule has 1 saturated carbocycles. The molecule has 1 aromatic heterocycles. The van der Waals surface area contributed by atoms with E-state index in [1.807, 2.05) is 24.3 Å². The van der Waals surface area contributed by atoms with Gasteiger partial charge in [0.2, 0.25) is 0 Å². The Balaban J connectivity index is 1.40. The van der Waals surface area contributed by atoms with Crippen LogP contribution in [-0.2, 0) is 20.7 Å². The van der Waals surface area contributed by atoms with E-state index in [2.05, 4.69) is 24.1 Å². The number of rotatable bonds is 6. The molecule has 140 valence electrons. The molecule has 0 saturated heterocycles. The molecule has 3 rings (SSSR count). The maximum atomic E-state index is 12.1. The molecule has 0 aliphatic heterocycles. The van der Waals surface area contributed by atoms with Gasteiger partial charge < -0.3 is 10.1 Å². The van der Waals surface area contributed by atoms with Crippen molar-refractivity contribution >= 4 is 33.4 Å². The molecule has 1 amide bonds. The summed E-state index contributed by atoms with van der Waals surface area (Å²) < 4.78 is 6.25. The highest BCUT2D eigenvalue weighted by Crippen LogP contribution is 2.29. The maximum Gasteiger partial charge on any atom is 0.306 e. The number of hydrogen-bond acceptors (Lipinski definition) is 5. The van der Waals surface area contributed by atoms with Crippen LogP contribution in [0.25, 0.3) is 10.2 Å². The van der Waals surface area contributed by atoms with Gasteiger partial charge in [-0.05, 0) is 30.4 Å². The Morgan fingerprint density at radius 1 is 1.27 bits per heavy atom. The molecule has 1 aliphatic carbocycles. The van der Waals surface area contributed by atoms with Crippen LogP contribution in [0.4, 0.5) is 0 Å². The van der Waals surface area contributed by atoms with Crippen molar-refractivity contribution in [2.24, 2.45) is 11.8 Å². The number of thiazole rings is 1. The van der Waals surface area contributed by atoms with Crippen molar-refractivity contribution in [2.75, 3.05) is 6.61 Å². The number of nitrogens with zero attached hydrogens (tertiary/aromatic N) is 1. The second-order valence-corrected chi connectivity index (χ2v) is 8.29. The van der Waals surface area contributed by atoms with Crippen molar-refractivity contribution in [3.63, 3.8) is 0 Å². The minimum absolute atomic E-state index is 0.188. The number of aromatic nitrogens is 1. The SMILES string of the molecule is C[C@H]1[C@H](C)CCC[C@H]1NC(=O)COC(=O)CCc1nc2ccccc2s1. The Morgan fingerprint density at radius 2 is 2.08 bits per heavy atom. The first-order chi connectivity index (χ1) is 12.5. The predicted octanol–water partition coefficient (Wildman–Crippen LogP) is 3.71. The normalized spacial score (nSPS) is 22.9. The molecule has 2 aromatic rings. The molecule has 1 heterocycles. The summed E-state index contributed by atoms with van der Waals surface area (Å²) in [6, 6.07) is 8.10. The second kappa shape index (κ2) is 8.62. The summed E-state index contributed by atoms with van der Waals surface area (Å²) in [5, 5.41) is 3.93. The van der Waals surface area contributed by atoms with Gasteiger partial charge in [-0.2, -0.15) is 0 Å². The molecule has 1 aromatic carbocycles. The number of benzene rings is 1. The Morgan fingerprint density at radius 3 is 2.88 bits per heavy atom. The number of ether oxygens (including phenoxy) is 1. The third-order valence-corrected chi connectivity index (χ3v) is 6.39. The second-order valence-electron chi connectivity index (χ2n) is 7.18. The lowest BCUT2D eigenvalue weighted by molar-refractivity contribution is -0.148. The minimum atomic E-state index is -0.357. The zero-order valence-electron chi connectivity index (χ0n) is 15.4. The number of carbonyl (C=O) groups excluding carboxylic acids is 2. The molecule has 3 atom stereocenters. The van der Waals surface area contributed by atoms with Crippen LogP contribution < -0.4 is 5.32 Å². The largest absolute Gasteiger partial charge is 0.456 e. The number of para-hydroxylation sites is 1.